The number of aromatic amines is 1. The highest BCUT2D eigenvalue weighted by Crippen LogP contribution is 2.28. The van der Waals surface area contributed by atoms with Crippen molar-refractivity contribution in [1.82, 2.24) is 19.7 Å². The standard InChI is InChI=1S/C19H23N7O2S/c1-4-29(27,28)24-15-6-5-7-16(9-15)25-11-18-20-14(3)10-26(18)19(12-25)21-17-8-13(2)22-23-17/h5-10,12,24H,4,11H2,1-3H3,(H2,21,22,23). The van der Waals surface area contributed by atoms with Gasteiger partial charge in [0, 0.05) is 29.8 Å². The molecule has 1 aliphatic rings. The lowest BCUT2D eigenvalue weighted by Crippen LogP contribution is -2.27. The molecule has 152 valence electrons. The Labute approximate surface area is 169 Å². The van der Waals surface area contributed by atoms with E-state index < -0.39 is 10.0 Å². The lowest BCUT2D eigenvalue weighted by atomic mass is 10.2. The Morgan fingerprint density at radius 1 is 1.24 bits per heavy atom. The molecule has 1 aliphatic heterocycles. The van der Waals surface area contributed by atoms with Crippen LogP contribution in [0.4, 0.5) is 17.2 Å². The minimum Gasteiger partial charge on any atom is -0.337 e. The fourth-order valence-electron chi connectivity index (χ4n) is 3.15. The fraction of sp³-hybridized carbons (Fsp3) is 0.263. The molecule has 0 fully saturated rings. The van der Waals surface area contributed by atoms with Gasteiger partial charge in [0.2, 0.25) is 10.0 Å². The smallest absolute Gasteiger partial charge is 0.232 e. The largest absolute Gasteiger partial charge is 0.337 e. The zero-order chi connectivity index (χ0) is 20.6. The maximum absolute atomic E-state index is 11.9. The van der Waals surface area contributed by atoms with Gasteiger partial charge in [-0.2, -0.15) is 5.10 Å². The molecule has 9 nitrogen and oxygen atoms in total. The number of hydrogen-bond acceptors (Lipinski definition) is 6. The number of nitrogens with zero attached hydrogens (tertiary/aromatic N) is 4. The van der Waals surface area contributed by atoms with Crippen molar-refractivity contribution in [3.05, 3.63) is 59.9 Å². The summed E-state index contributed by atoms with van der Waals surface area (Å²) in [5.41, 5.74) is 3.25. The Kier molecular flexibility index (Phi) is 4.79. The zero-order valence-electron chi connectivity index (χ0n) is 16.5. The van der Waals surface area contributed by atoms with Gasteiger partial charge in [-0.25, -0.2) is 13.4 Å². The molecule has 0 bridgehead atoms. The molecule has 0 saturated heterocycles. The topological polar surface area (TPSA) is 108 Å². The van der Waals surface area contributed by atoms with Crippen LogP contribution in [0, 0.1) is 13.8 Å². The van der Waals surface area contributed by atoms with Crippen molar-refractivity contribution < 1.29 is 8.42 Å². The molecule has 2 aromatic heterocycles. The Hall–Kier alpha value is -3.27. The maximum Gasteiger partial charge on any atom is 0.232 e. The molecule has 10 heteroatoms. The van der Waals surface area contributed by atoms with Gasteiger partial charge in [0.15, 0.2) is 5.82 Å². The third kappa shape index (κ3) is 4.11. The molecule has 3 aromatic rings. The van der Waals surface area contributed by atoms with Crippen molar-refractivity contribution in [2.45, 2.75) is 27.3 Å². The number of anilines is 3. The number of aromatic nitrogens is 4. The summed E-state index contributed by atoms with van der Waals surface area (Å²) in [5.74, 6) is 2.41. The van der Waals surface area contributed by atoms with Crippen LogP contribution < -0.4 is 14.9 Å². The van der Waals surface area contributed by atoms with Crippen molar-refractivity contribution in [1.29, 1.82) is 0 Å². The Balaban J connectivity index is 1.68. The highest BCUT2D eigenvalue weighted by molar-refractivity contribution is 7.92. The van der Waals surface area contributed by atoms with Crippen molar-refractivity contribution >= 4 is 33.0 Å². The number of imidazole rings is 1. The first-order valence-electron chi connectivity index (χ1n) is 9.26. The third-order valence-corrected chi connectivity index (χ3v) is 5.85. The van der Waals surface area contributed by atoms with E-state index >= 15 is 0 Å². The molecule has 4 rings (SSSR count). The number of rotatable bonds is 6. The van der Waals surface area contributed by atoms with E-state index in [-0.39, 0.29) is 5.75 Å². The molecule has 0 spiro atoms. The van der Waals surface area contributed by atoms with Gasteiger partial charge in [0.1, 0.15) is 11.6 Å². The average molecular weight is 414 g/mol. The van der Waals surface area contributed by atoms with Gasteiger partial charge < -0.3 is 10.2 Å². The molecule has 3 heterocycles. The molecule has 0 aliphatic carbocycles. The molecule has 0 atom stereocenters. The van der Waals surface area contributed by atoms with Crippen LogP contribution in [0.25, 0.3) is 5.82 Å². The van der Waals surface area contributed by atoms with Crippen LogP contribution in [0.5, 0.6) is 0 Å². The van der Waals surface area contributed by atoms with Crippen molar-refractivity contribution in [3.63, 3.8) is 0 Å². The van der Waals surface area contributed by atoms with E-state index in [0.717, 1.165) is 28.7 Å². The lowest BCUT2D eigenvalue weighted by Gasteiger charge is -2.28. The van der Waals surface area contributed by atoms with Crippen molar-refractivity contribution in [3.8, 4) is 0 Å². The lowest BCUT2D eigenvalue weighted by molar-refractivity contribution is 0.602. The van der Waals surface area contributed by atoms with E-state index in [0.29, 0.717) is 18.1 Å². The maximum atomic E-state index is 11.9. The van der Waals surface area contributed by atoms with E-state index in [4.69, 9.17) is 0 Å². The summed E-state index contributed by atoms with van der Waals surface area (Å²) in [4.78, 5) is 6.64. The van der Waals surface area contributed by atoms with Gasteiger partial charge in [0.25, 0.3) is 0 Å². The van der Waals surface area contributed by atoms with E-state index in [1.54, 1.807) is 13.0 Å². The molecule has 29 heavy (non-hydrogen) atoms. The molecular formula is C19H23N7O2S. The number of nitrogens with one attached hydrogen (secondary N) is 3. The summed E-state index contributed by atoms with van der Waals surface area (Å²) < 4.78 is 28.4. The predicted octanol–water partition coefficient (Wildman–Crippen LogP) is 2.87. The summed E-state index contributed by atoms with van der Waals surface area (Å²) in [5, 5.41) is 10.5. The SMILES string of the molecule is CCS(=O)(=O)Nc1cccc(N2C=C(Nc3cc(C)[nH]n3)n3cc(C)nc3C2)c1. The second kappa shape index (κ2) is 7.28. The van der Waals surface area contributed by atoms with Gasteiger partial charge in [-0.15, -0.1) is 0 Å². The summed E-state index contributed by atoms with van der Waals surface area (Å²) in [6, 6.07) is 9.23. The number of aryl methyl sites for hydroxylation is 2. The fourth-order valence-corrected chi connectivity index (χ4v) is 3.78. The summed E-state index contributed by atoms with van der Waals surface area (Å²) >= 11 is 0. The van der Waals surface area contributed by atoms with Crippen LogP contribution in [-0.2, 0) is 16.6 Å². The average Bonchev–Trinajstić information content (AvgIpc) is 3.26. The van der Waals surface area contributed by atoms with Gasteiger partial charge in [0.05, 0.1) is 23.7 Å². The summed E-state index contributed by atoms with van der Waals surface area (Å²) in [6.45, 7) is 6.06. The molecular weight excluding hydrogens is 390 g/mol. The normalized spacial score (nSPS) is 13.8. The molecule has 0 unspecified atom stereocenters. The van der Waals surface area contributed by atoms with E-state index in [9.17, 15) is 8.42 Å². The van der Waals surface area contributed by atoms with E-state index in [2.05, 4.69) is 25.2 Å². The highest BCUT2D eigenvalue weighted by atomic mass is 32.2. The number of H-pyrrole nitrogens is 1. The number of sulfonamides is 1. The highest BCUT2D eigenvalue weighted by Gasteiger charge is 2.21. The molecule has 3 N–H and O–H groups in total. The zero-order valence-corrected chi connectivity index (χ0v) is 17.3. The predicted molar refractivity (Wildman–Crippen MR) is 114 cm³/mol. The van der Waals surface area contributed by atoms with Crippen molar-refractivity contribution in [2.75, 3.05) is 20.7 Å². The quantitative estimate of drug-likeness (QED) is 0.573. The first kappa shape index (κ1) is 19.1. The van der Waals surface area contributed by atoms with Gasteiger partial charge in [-0.05, 0) is 39.0 Å². The molecule has 0 saturated carbocycles. The van der Waals surface area contributed by atoms with Crippen LogP contribution in [0.15, 0.2) is 42.7 Å². The second-order valence-corrected chi connectivity index (χ2v) is 8.94. The number of benzene rings is 1. The first-order chi connectivity index (χ1) is 13.8. The molecule has 0 amide bonds. The van der Waals surface area contributed by atoms with Crippen molar-refractivity contribution in [2.24, 2.45) is 0 Å². The molecule has 0 radical (unpaired) electrons. The minimum absolute atomic E-state index is 0.0225. The second-order valence-electron chi connectivity index (χ2n) is 6.93. The van der Waals surface area contributed by atoms with E-state index in [1.807, 2.05) is 60.0 Å². The number of fused-ring (bicyclic) bond motifs is 1. The first-order valence-corrected chi connectivity index (χ1v) is 10.9. The summed E-state index contributed by atoms with van der Waals surface area (Å²) in [7, 11) is -3.34. The Bertz CT molecular complexity index is 1180. The van der Waals surface area contributed by atoms with Gasteiger partial charge in [-0.3, -0.25) is 14.4 Å². The minimum atomic E-state index is -3.34. The van der Waals surface area contributed by atoms with Gasteiger partial charge >= 0.3 is 0 Å². The number of hydrogen-bond donors (Lipinski definition) is 3. The van der Waals surface area contributed by atoms with Crippen LogP contribution >= 0.6 is 0 Å². The Morgan fingerprint density at radius 2 is 2.07 bits per heavy atom. The van der Waals surface area contributed by atoms with Crippen LogP contribution in [0.1, 0.15) is 24.1 Å². The van der Waals surface area contributed by atoms with E-state index in [1.165, 1.54) is 0 Å². The monoisotopic (exact) mass is 413 g/mol. The van der Waals surface area contributed by atoms with Crippen LogP contribution in [0.3, 0.4) is 0 Å². The molecule has 1 aromatic carbocycles. The van der Waals surface area contributed by atoms with Crippen LogP contribution in [-0.4, -0.2) is 33.9 Å². The summed E-state index contributed by atoms with van der Waals surface area (Å²) in [6.07, 6.45) is 3.93. The van der Waals surface area contributed by atoms with Gasteiger partial charge in [-0.1, -0.05) is 6.07 Å². The van der Waals surface area contributed by atoms with Crippen LogP contribution in [0.2, 0.25) is 0 Å². The Morgan fingerprint density at radius 3 is 2.79 bits per heavy atom. The third-order valence-electron chi connectivity index (χ3n) is 4.54.